The van der Waals surface area contributed by atoms with Crippen LogP contribution in [0.3, 0.4) is 0 Å². The van der Waals surface area contributed by atoms with E-state index in [0.717, 1.165) is 23.3 Å². The summed E-state index contributed by atoms with van der Waals surface area (Å²) in [7, 11) is 1.60. The molecule has 0 saturated carbocycles. The van der Waals surface area contributed by atoms with Gasteiger partial charge in [-0.1, -0.05) is 0 Å². The molecule has 0 aromatic heterocycles. The van der Waals surface area contributed by atoms with Gasteiger partial charge in [-0.3, -0.25) is 9.69 Å². The minimum absolute atomic E-state index is 0.0307. The van der Waals surface area contributed by atoms with Gasteiger partial charge in [-0.25, -0.2) is 0 Å². The van der Waals surface area contributed by atoms with Crippen LogP contribution in [0.25, 0.3) is 0 Å². The molecule has 1 aromatic carbocycles. The lowest BCUT2D eigenvalue weighted by molar-refractivity contribution is 0.0614. The maximum atomic E-state index is 12.5. The second-order valence-electron chi connectivity index (χ2n) is 4.70. The Hall–Kier alpha value is -1.11. The van der Waals surface area contributed by atoms with Gasteiger partial charge in [-0.15, -0.1) is 0 Å². The first kappa shape index (κ1) is 15.3. The smallest absolute Gasteiger partial charge is 0.255 e. The van der Waals surface area contributed by atoms with E-state index in [1.165, 1.54) is 0 Å². The third-order valence-electron chi connectivity index (χ3n) is 3.48. The van der Waals surface area contributed by atoms with Gasteiger partial charge in [0.05, 0.1) is 19.3 Å². The molecule has 0 bridgehead atoms. The summed E-state index contributed by atoms with van der Waals surface area (Å²) in [5, 5.41) is 8.92. The molecular weight excluding hydrogens is 324 g/mol. The molecule has 1 fully saturated rings. The lowest BCUT2D eigenvalue weighted by Crippen LogP contribution is -2.49. The number of piperazine rings is 1. The molecule has 20 heavy (non-hydrogen) atoms. The van der Waals surface area contributed by atoms with Gasteiger partial charge in [0.15, 0.2) is 0 Å². The summed E-state index contributed by atoms with van der Waals surface area (Å²) in [5.41, 5.74) is 0.654. The Kier molecular flexibility index (Phi) is 5.39. The van der Waals surface area contributed by atoms with Crippen molar-refractivity contribution in [3.63, 3.8) is 0 Å². The zero-order chi connectivity index (χ0) is 14.5. The van der Waals surface area contributed by atoms with Gasteiger partial charge < -0.3 is 14.7 Å². The normalized spacial score (nSPS) is 16.2. The molecule has 1 aliphatic heterocycles. The molecule has 6 heteroatoms. The van der Waals surface area contributed by atoms with Crippen LogP contribution in [0.2, 0.25) is 0 Å². The Balaban J connectivity index is 2.02. The van der Waals surface area contributed by atoms with E-state index in [2.05, 4.69) is 20.8 Å². The highest BCUT2D eigenvalue weighted by atomic mass is 79.9. The average molecular weight is 343 g/mol. The summed E-state index contributed by atoms with van der Waals surface area (Å²) >= 11 is 3.42. The molecular formula is C14H19BrN2O3. The molecule has 2 rings (SSSR count). The fourth-order valence-corrected chi connectivity index (χ4v) is 2.81. The van der Waals surface area contributed by atoms with E-state index in [-0.39, 0.29) is 12.5 Å². The number of nitrogens with zero attached hydrogens (tertiary/aromatic N) is 2. The Morgan fingerprint density at radius 2 is 2.05 bits per heavy atom. The number of methoxy groups -OCH3 is 1. The van der Waals surface area contributed by atoms with Gasteiger partial charge in [0, 0.05) is 37.2 Å². The number of β-amino-alcohol motifs (C(OH)–C–C–N with tert-alkyl or cyclic N) is 1. The van der Waals surface area contributed by atoms with E-state index in [4.69, 9.17) is 9.84 Å². The predicted octanol–water partition coefficient (Wildman–Crippen LogP) is 1.21. The SMILES string of the molecule is COc1ccc(C(=O)N2CCN(CCO)CC2)c(Br)c1. The van der Waals surface area contributed by atoms with Crippen molar-refractivity contribution < 1.29 is 14.6 Å². The van der Waals surface area contributed by atoms with Crippen molar-refractivity contribution in [2.45, 2.75) is 0 Å². The average Bonchev–Trinajstić information content (AvgIpc) is 2.47. The minimum atomic E-state index is 0.0307. The molecule has 0 spiro atoms. The number of carbonyl (C=O) groups excluding carboxylic acids is 1. The quantitative estimate of drug-likeness (QED) is 0.893. The Bertz CT molecular complexity index is 473. The summed E-state index contributed by atoms with van der Waals surface area (Å²) in [6, 6.07) is 5.38. The van der Waals surface area contributed by atoms with Crippen LogP contribution >= 0.6 is 15.9 Å². The van der Waals surface area contributed by atoms with Crippen molar-refractivity contribution in [1.82, 2.24) is 9.80 Å². The van der Waals surface area contributed by atoms with Crippen LogP contribution in [0, 0.1) is 0 Å². The van der Waals surface area contributed by atoms with Crippen LogP contribution in [0.5, 0.6) is 5.75 Å². The van der Waals surface area contributed by atoms with Crippen molar-refractivity contribution in [3.8, 4) is 5.75 Å². The summed E-state index contributed by atoms with van der Waals surface area (Å²) < 4.78 is 5.88. The number of rotatable bonds is 4. The number of ether oxygens (including phenoxy) is 1. The van der Waals surface area contributed by atoms with Gasteiger partial charge in [0.2, 0.25) is 0 Å². The van der Waals surface area contributed by atoms with E-state index in [1.54, 1.807) is 25.3 Å². The number of halogens is 1. The van der Waals surface area contributed by atoms with Gasteiger partial charge in [-0.2, -0.15) is 0 Å². The molecule has 0 atom stereocenters. The minimum Gasteiger partial charge on any atom is -0.497 e. The van der Waals surface area contributed by atoms with Crippen molar-refractivity contribution in [1.29, 1.82) is 0 Å². The first-order chi connectivity index (χ1) is 9.65. The molecule has 1 saturated heterocycles. The lowest BCUT2D eigenvalue weighted by atomic mass is 10.1. The van der Waals surface area contributed by atoms with E-state index in [1.807, 2.05) is 4.90 Å². The molecule has 0 radical (unpaired) electrons. The van der Waals surface area contributed by atoms with Crippen LogP contribution < -0.4 is 4.74 Å². The second kappa shape index (κ2) is 7.06. The molecule has 1 heterocycles. The number of amides is 1. The van der Waals surface area contributed by atoms with Crippen LogP contribution in [-0.4, -0.2) is 67.3 Å². The molecule has 1 amide bonds. The zero-order valence-electron chi connectivity index (χ0n) is 11.5. The van der Waals surface area contributed by atoms with Crippen molar-refractivity contribution in [2.24, 2.45) is 0 Å². The van der Waals surface area contributed by atoms with E-state index in [9.17, 15) is 4.79 Å². The summed E-state index contributed by atoms with van der Waals surface area (Å²) in [6.45, 7) is 3.83. The lowest BCUT2D eigenvalue weighted by Gasteiger charge is -2.34. The second-order valence-corrected chi connectivity index (χ2v) is 5.56. The Labute approximate surface area is 127 Å². The van der Waals surface area contributed by atoms with Gasteiger partial charge >= 0.3 is 0 Å². The molecule has 1 aromatic rings. The van der Waals surface area contributed by atoms with Gasteiger partial charge in [0.1, 0.15) is 5.75 Å². The number of hydrogen-bond acceptors (Lipinski definition) is 4. The van der Waals surface area contributed by atoms with E-state index >= 15 is 0 Å². The molecule has 110 valence electrons. The van der Waals surface area contributed by atoms with Crippen molar-refractivity contribution >= 4 is 21.8 Å². The number of aliphatic hydroxyl groups is 1. The molecule has 0 aliphatic carbocycles. The predicted molar refractivity (Wildman–Crippen MR) is 80.1 cm³/mol. The zero-order valence-corrected chi connectivity index (χ0v) is 13.1. The number of carbonyl (C=O) groups is 1. The largest absolute Gasteiger partial charge is 0.497 e. The topological polar surface area (TPSA) is 53.0 Å². The number of hydrogen-bond donors (Lipinski definition) is 1. The summed E-state index contributed by atoms with van der Waals surface area (Å²) in [6.07, 6.45) is 0. The first-order valence-corrected chi connectivity index (χ1v) is 7.41. The van der Waals surface area contributed by atoms with E-state index in [0.29, 0.717) is 25.2 Å². The highest BCUT2D eigenvalue weighted by Crippen LogP contribution is 2.24. The number of benzene rings is 1. The van der Waals surface area contributed by atoms with Crippen LogP contribution in [-0.2, 0) is 0 Å². The maximum Gasteiger partial charge on any atom is 0.255 e. The standard InChI is InChI=1S/C14H19BrN2O3/c1-20-11-2-3-12(13(15)10-11)14(19)17-6-4-16(5-7-17)8-9-18/h2-3,10,18H,4-9H2,1H3. The highest BCUT2D eigenvalue weighted by molar-refractivity contribution is 9.10. The fraction of sp³-hybridized carbons (Fsp3) is 0.500. The third-order valence-corrected chi connectivity index (χ3v) is 4.14. The van der Waals surface area contributed by atoms with Crippen LogP contribution in [0.4, 0.5) is 0 Å². The number of aliphatic hydroxyl groups excluding tert-OH is 1. The Morgan fingerprint density at radius 1 is 1.35 bits per heavy atom. The highest BCUT2D eigenvalue weighted by Gasteiger charge is 2.23. The first-order valence-electron chi connectivity index (χ1n) is 6.61. The molecule has 1 aliphatic rings. The van der Waals surface area contributed by atoms with Crippen LogP contribution in [0.1, 0.15) is 10.4 Å². The van der Waals surface area contributed by atoms with E-state index < -0.39 is 0 Å². The van der Waals surface area contributed by atoms with Gasteiger partial charge in [0.25, 0.3) is 5.91 Å². The molecule has 1 N–H and O–H groups in total. The van der Waals surface area contributed by atoms with Crippen LogP contribution in [0.15, 0.2) is 22.7 Å². The monoisotopic (exact) mass is 342 g/mol. The fourth-order valence-electron chi connectivity index (χ4n) is 2.28. The van der Waals surface area contributed by atoms with Gasteiger partial charge in [-0.05, 0) is 34.1 Å². The van der Waals surface area contributed by atoms with Crippen molar-refractivity contribution in [2.75, 3.05) is 46.4 Å². The molecule has 5 nitrogen and oxygen atoms in total. The Morgan fingerprint density at radius 3 is 2.60 bits per heavy atom. The third kappa shape index (κ3) is 3.50. The summed E-state index contributed by atoms with van der Waals surface area (Å²) in [5.74, 6) is 0.754. The summed E-state index contributed by atoms with van der Waals surface area (Å²) in [4.78, 5) is 16.5. The van der Waals surface area contributed by atoms with Crippen molar-refractivity contribution in [3.05, 3.63) is 28.2 Å². The molecule has 0 unspecified atom stereocenters. The maximum absolute atomic E-state index is 12.5.